The number of carbonyl (C=O) groups is 1. The number of hydrogen-bond donors (Lipinski definition) is 0. The first-order valence-electron chi connectivity index (χ1n) is 6.26. The van der Waals surface area contributed by atoms with Crippen molar-refractivity contribution in [2.24, 2.45) is 0 Å². The molecule has 0 spiro atoms. The van der Waals surface area contributed by atoms with Crippen LogP contribution in [0, 0.1) is 10.1 Å². The standard InChI is InChI=1S/C16H13NO3Se/c1-12(18)16(21-15-8-3-2-4-9-15)11-13-6-5-7-14(10-13)17(19)20/h2-11H,1H3/b16-11-. The van der Waals surface area contributed by atoms with E-state index in [1.807, 2.05) is 30.3 Å². The fourth-order valence-corrected chi connectivity index (χ4v) is 3.56. The molecule has 0 radical (unpaired) electrons. The number of ketones is 1. The second kappa shape index (κ2) is 6.97. The van der Waals surface area contributed by atoms with Gasteiger partial charge in [-0.2, -0.15) is 0 Å². The Hall–Kier alpha value is -2.23. The van der Waals surface area contributed by atoms with Crippen molar-refractivity contribution in [1.82, 2.24) is 0 Å². The molecule has 0 aliphatic carbocycles. The fraction of sp³-hybridized carbons (Fsp3) is 0.0625. The number of rotatable bonds is 5. The van der Waals surface area contributed by atoms with Gasteiger partial charge in [0.25, 0.3) is 0 Å². The van der Waals surface area contributed by atoms with Gasteiger partial charge in [-0.05, 0) is 0 Å². The summed E-state index contributed by atoms with van der Waals surface area (Å²) in [4.78, 5) is 22.1. The molecule has 0 saturated carbocycles. The number of nitro benzene ring substituents is 1. The molecule has 0 aromatic heterocycles. The Labute approximate surface area is 128 Å². The average Bonchev–Trinajstić information content (AvgIpc) is 2.48. The Morgan fingerprint density at radius 2 is 1.86 bits per heavy atom. The van der Waals surface area contributed by atoms with Crippen molar-refractivity contribution in [2.75, 3.05) is 0 Å². The SMILES string of the molecule is CC(=O)/C(=C/c1cccc([N+](=O)[O-])c1)[Se]c1ccccc1. The minimum absolute atomic E-state index is 0.00893. The predicted molar refractivity (Wildman–Crippen MR) is 83.6 cm³/mol. The Morgan fingerprint density at radius 3 is 2.48 bits per heavy atom. The van der Waals surface area contributed by atoms with E-state index in [1.54, 1.807) is 18.2 Å². The van der Waals surface area contributed by atoms with E-state index in [0.717, 1.165) is 4.46 Å². The van der Waals surface area contributed by atoms with Gasteiger partial charge < -0.3 is 0 Å². The predicted octanol–water partition coefficient (Wildman–Crippen LogP) is 2.55. The van der Waals surface area contributed by atoms with Gasteiger partial charge in [-0.15, -0.1) is 0 Å². The third-order valence-corrected chi connectivity index (χ3v) is 5.07. The molecule has 21 heavy (non-hydrogen) atoms. The molecule has 0 aliphatic heterocycles. The van der Waals surface area contributed by atoms with Crippen LogP contribution in [0.25, 0.3) is 6.08 Å². The van der Waals surface area contributed by atoms with Crippen molar-refractivity contribution >= 4 is 37.0 Å². The summed E-state index contributed by atoms with van der Waals surface area (Å²) >= 11 is -0.113. The van der Waals surface area contributed by atoms with E-state index in [-0.39, 0.29) is 26.4 Å². The first-order chi connectivity index (χ1) is 10.1. The molecule has 0 atom stereocenters. The Bertz CT molecular complexity index is 696. The number of non-ortho nitro benzene ring substituents is 1. The molecular formula is C16H13NO3Se. The summed E-state index contributed by atoms with van der Waals surface area (Å²) < 4.78 is 1.78. The molecule has 2 aromatic carbocycles. The summed E-state index contributed by atoms with van der Waals surface area (Å²) in [5.74, 6) is -0.00893. The summed E-state index contributed by atoms with van der Waals surface area (Å²) in [6.07, 6.45) is 1.74. The van der Waals surface area contributed by atoms with E-state index in [2.05, 4.69) is 0 Å². The number of hydrogen-bond acceptors (Lipinski definition) is 3. The van der Waals surface area contributed by atoms with E-state index in [0.29, 0.717) is 10.0 Å². The van der Waals surface area contributed by atoms with E-state index < -0.39 is 4.92 Å². The van der Waals surface area contributed by atoms with Gasteiger partial charge in [0.2, 0.25) is 0 Å². The second-order valence-electron chi connectivity index (χ2n) is 4.33. The van der Waals surface area contributed by atoms with Crippen LogP contribution in [0.1, 0.15) is 12.5 Å². The summed E-state index contributed by atoms with van der Waals surface area (Å²) in [6, 6.07) is 16.0. The van der Waals surface area contributed by atoms with Gasteiger partial charge in [0.1, 0.15) is 0 Å². The molecule has 0 aliphatic rings. The van der Waals surface area contributed by atoms with Crippen LogP contribution in [0.3, 0.4) is 0 Å². The molecule has 0 unspecified atom stereocenters. The quantitative estimate of drug-likeness (QED) is 0.362. The number of benzene rings is 2. The molecular weight excluding hydrogens is 333 g/mol. The maximum atomic E-state index is 11.8. The number of Topliss-reactive ketones (excluding diaryl/α,β-unsaturated/α-hetero) is 1. The van der Waals surface area contributed by atoms with Crippen LogP contribution < -0.4 is 4.46 Å². The first-order valence-corrected chi connectivity index (χ1v) is 7.97. The molecule has 0 bridgehead atoms. The van der Waals surface area contributed by atoms with Crippen molar-refractivity contribution in [1.29, 1.82) is 0 Å². The van der Waals surface area contributed by atoms with Crippen LogP contribution in [-0.2, 0) is 4.79 Å². The van der Waals surface area contributed by atoms with Crippen LogP contribution in [0.4, 0.5) is 5.69 Å². The molecule has 5 heteroatoms. The molecule has 0 fully saturated rings. The topological polar surface area (TPSA) is 60.2 Å². The Kier molecular flexibility index (Phi) is 5.04. The molecule has 0 saturated heterocycles. The molecule has 0 heterocycles. The fourth-order valence-electron chi connectivity index (χ4n) is 1.70. The van der Waals surface area contributed by atoms with Gasteiger partial charge in [-0.3, -0.25) is 0 Å². The zero-order chi connectivity index (χ0) is 15.2. The van der Waals surface area contributed by atoms with Crippen LogP contribution in [0.2, 0.25) is 0 Å². The molecule has 0 amide bonds. The van der Waals surface area contributed by atoms with Crippen LogP contribution in [0.15, 0.2) is 59.1 Å². The van der Waals surface area contributed by atoms with E-state index >= 15 is 0 Å². The molecule has 0 N–H and O–H groups in total. The van der Waals surface area contributed by atoms with Crippen molar-refractivity contribution < 1.29 is 9.72 Å². The first kappa shape index (κ1) is 15.2. The van der Waals surface area contributed by atoms with Gasteiger partial charge in [0.15, 0.2) is 0 Å². The molecule has 106 valence electrons. The van der Waals surface area contributed by atoms with E-state index in [9.17, 15) is 14.9 Å². The van der Waals surface area contributed by atoms with Gasteiger partial charge in [0, 0.05) is 0 Å². The third kappa shape index (κ3) is 4.38. The molecule has 4 nitrogen and oxygen atoms in total. The summed E-state index contributed by atoms with van der Waals surface area (Å²) in [5.41, 5.74) is 0.700. The van der Waals surface area contributed by atoms with Crippen molar-refractivity contribution in [2.45, 2.75) is 6.92 Å². The normalized spacial score (nSPS) is 11.2. The number of carbonyl (C=O) groups excluding carboxylic acids is 1. The van der Waals surface area contributed by atoms with Gasteiger partial charge in [-0.25, -0.2) is 0 Å². The second-order valence-corrected chi connectivity index (χ2v) is 6.67. The Morgan fingerprint density at radius 1 is 1.14 bits per heavy atom. The van der Waals surface area contributed by atoms with E-state index in [4.69, 9.17) is 0 Å². The Balaban J connectivity index is 2.31. The van der Waals surface area contributed by atoms with Crippen molar-refractivity contribution in [3.05, 3.63) is 74.7 Å². The number of allylic oxidation sites excluding steroid dienone is 1. The summed E-state index contributed by atoms with van der Waals surface area (Å²) in [5, 5.41) is 10.8. The summed E-state index contributed by atoms with van der Waals surface area (Å²) in [7, 11) is 0. The third-order valence-electron chi connectivity index (χ3n) is 2.70. The zero-order valence-corrected chi connectivity index (χ0v) is 13.1. The van der Waals surface area contributed by atoms with Crippen LogP contribution in [0.5, 0.6) is 0 Å². The van der Waals surface area contributed by atoms with Crippen LogP contribution >= 0.6 is 0 Å². The van der Waals surface area contributed by atoms with Crippen LogP contribution in [-0.4, -0.2) is 25.7 Å². The number of nitro groups is 1. The van der Waals surface area contributed by atoms with Gasteiger partial charge >= 0.3 is 128 Å². The van der Waals surface area contributed by atoms with Crippen molar-refractivity contribution in [3.63, 3.8) is 0 Å². The average molecular weight is 346 g/mol. The number of nitrogens with zero attached hydrogens (tertiary/aromatic N) is 1. The molecule has 2 rings (SSSR count). The zero-order valence-electron chi connectivity index (χ0n) is 11.4. The summed E-state index contributed by atoms with van der Waals surface area (Å²) in [6.45, 7) is 1.52. The van der Waals surface area contributed by atoms with E-state index in [1.165, 1.54) is 19.1 Å². The molecule has 2 aromatic rings. The minimum atomic E-state index is -0.437. The maximum absolute atomic E-state index is 11.8. The van der Waals surface area contributed by atoms with Crippen molar-refractivity contribution in [3.8, 4) is 0 Å². The van der Waals surface area contributed by atoms with Gasteiger partial charge in [-0.1, -0.05) is 0 Å². The monoisotopic (exact) mass is 347 g/mol. The van der Waals surface area contributed by atoms with Gasteiger partial charge in [0.05, 0.1) is 0 Å².